The first-order chi connectivity index (χ1) is 8.40. The van der Waals surface area contributed by atoms with Crippen LogP contribution in [0.1, 0.15) is 5.56 Å². The van der Waals surface area contributed by atoms with E-state index in [0.717, 1.165) is 0 Å². The van der Waals surface area contributed by atoms with Crippen molar-refractivity contribution in [3.63, 3.8) is 0 Å². The van der Waals surface area contributed by atoms with Crippen LogP contribution in [-0.2, 0) is 16.1 Å². The molecule has 0 bridgehead atoms. The molecule has 7 heteroatoms. The van der Waals surface area contributed by atoms with E-state index in [4.69, 9.17) is 26.2 Å². The van der Waals surface area contributed by atoms with Crippen molar-refractivity contribution in [2.45, 2.75) is 18.8 Å². The molecule has 0 aliphatic rings. The van der Waals surface area contributed by atoms with Crippen molar-refractivity contribution < 1.29 is 30.0 Å². The minimum atomic E-state index is -2.27. The number of benzene rings is 1. The molecule has 0 fully saturated rings. The van der Waals surface area contributed by atoms with Gasteiger partial charge in [0.15, 0.2) is 12.2 Å². The van der Waals surface area contributed by atoms with Gasteiger partial charge in [0.2, 0.25) is 0 Å². The summed E-state index contributed by atoms with van der Waals surface area (Å²) in [4.78, 5) is 19.5. The molecule has 100 valence electrons. The molecule has 2 atom stereocenters. The summed E-state index contributed by atoms with van der Waals surface area (Å²) in [6.45, 7) is 0.640. The Bertz CT molecular complexity index is 362. The van der Waals surface area contributed by atoms with Gasteiger partial charge in [-0.05, 0) is 5.56 Å². The lowest BCUT2D eigenvalue weighted by Crippen LogP contribution is -2.39. The molecule has 0 saturated heterocycles. The van der Waals surface area contributed by atoms with Crippen LogP contribution in [0.5, 0.6) is 0 Å². The molecular weight excluding hydrogens is 242 g/mol. The Morgan fingerprint density at radius 2 is 1.39 bits per heavy atom. The molecule has 6 N–H and O–H groups in total. The van der Waals surface area contributed by atoms with Gasteiger partial charge in [-0.25, -0.2) is 9.59 Å². The van der Waals surface area contributed by atoms with Crippen molar-refractivity contribution in [3.05, 3.63) is 35.9 Å². The molecule has 0 aliphatic heterocycles. The Balaban J connectivity index is 0.000000327. The summed E-state index contributed by atoms with van der Waals surface area (Å²) in [5.74, 6) is -3.54. The van der Waals surface area contributed by atoms with Gasteiger partial charge in [0, 0.05) is 6.54 Å². The van der Waals surface area contributed by atoms with E-state index >= 15 is 0 Å². The van der Waals surface area contributed by atoms with Crippen LogP contribution in [0.2, 0.25) is 0 Å². The number of carbonyl (C=O) groups is 2. The fourth-order valence-electron chi connectivity index (χ4n) is 0.884. The van der Waals surface area contributed by atoms with Crippen LogP contribution in [0.15, 0.2) is 30.3 Å². The molecule has 0 spiro atoms. The van der Waals surface area contributed by atoms with Crippen molar-refractivity contribution >= 4 is 11.9 Å². The molecule has 2 unspecified atom stereocenters. The first-order valence-corrected chi connectivity index (χ1v) is 4.96. The van der Waals surface area contributed by atoms with Crippen molar-refractivity contribution in [1.82, 2.24) is 0 Å². The van der Waals surface area contributed by atoms with Crippen molar-refractivity contribution in [2.24, 2.45) is 5.73 Å². The van der Waals surface area contributed by atoms with Gasteiger partial charge in [0.05, 0.1) is 0 Å². The summed E-state index contributed by atoms with van der Waals surface area (Å²) >= 11 is 0. The number of rotatable bonds is 4. The third kappa shape index (κ3) is 5.94. The van der Waals surface area contributed by atoms with Crippen molar-refractivity contribution in [1.29, 1.82) is 0 Å². The Hall–Kier alpha value is -1.96. The van der Waals surface area contributed by atoms with Gasteiger partial charge >= 0.3 is 11.9 Å². The maximum atomic E-state index is 9.77. The molecule has 0 saturated carbocycles. The van der Waals surface area contributed by atoms with Crippen molar-refractivity contribution in [2.75, 3.05) is 0 Å². The molecule has 0 aromatic heterocycles. The van der Waals surface area contributed by atoms with E-state index in [-0.39, 0.29) is 0 Å². The summed E-state index contributed by atoms with van der Waals surface area (Å²) in [5, 5.41) is 32.5. The van der Waals surface area contributed by atoms with Gasteiger partial charge < -0.3 is 26.2 Å². The number of aliphatic hydroxyl groups is 2. The van der Waals surface area contributed by atoms with Crippen LogP contribution >= 0.6 is 0 Å². The molecule has 1 rings (SSSR count). The highest BCUT2D eigenvalue weighted by Gasteiger charge is 2.29. The van der Waals surface area contributed by atoms with E-state index in [1.54, 1.807) is 0 Å². The monoisotopic (exact) mass is 257 g/mol. The maximum absolute atomic E-state index is 9.77. The lowest BCUT2D eigenvalue weighted by molar-refractivity contribution is -0.165. The maximum Gasteiger partial charge on any atom is 0.335 e. The van der Waals surface area contributed by atoms with Crippen LogP contribution in [0.4, 0.5) is 0 Å². The Morgan fingerprint density at radius 3 is 1.61 bits per heavy atom. The zero-order chi connectivity index (χ0) is 14.1. The van der Waals surface area contributed by atoms with Gasteiger partial charge in [-0.3, -0.25) is 0 Å². The van der Waals surface area contributed by atoms with Gasteiger partial charge in [-0.1, -0.05) is 30.3 Å². The minimum absolute atomic E-state index is 0.640. The van der Waals surface area contributed by atoms with E-state index in [1.165, 1.54) is 5.56 Å². The number of carboxylic acid groups (broad SMARTS) is 2. The molecule has 18 heavy (non-hydrogen) atoms. The zero-order valence-corrected chi connectivity index (χ0v) is 9.43. The lowest BCUT2D eigenvalue weighted by Gasteiger charge is -2.07. The van der Waals surface area contributed by atoms with Crippen LogP contribution in [0.25, 0.3) is 0 Å². The fourth-order valence-corrected chi connectivity index (χ4v) is 0.884. The third-order valence-electron chi connectivity index (χ3n) is 1.88. The molecular formula is C11H15NO6. The highest BCUT2D eigenvalue weighted by atomic mass is 16.4. The lowest BCUT2D eigenvalue weighted by atomic mass is 10.2. The summed E-state index contributed by atoms with van der Waals surface area (Å²) in [6, 6.07) is 9.99. The van der Waals surface area contributed by atoms with Gasteiger partial charge in [-0.15, -0.1) is 0 Å². The summed E-state index contributed by atoms with van der Waals surface area (Å²) in [6.07, 6.45) is -4.53. The van der Waals surface area contributed by atoms with Gasteiger partial charge in [-0.2, -0.15) is 0 Å². The van der Waals surface area contributed by atoms with Crippen LogP contribution < -0.4 is 5.73 Å². The quantitative estimate of drug-likeness (QED) is 0.467. The molecule has 1 aromatic rings. The predicted octanol–water partition coefficient (Wildman–Crippen LogP) is -0.977. The standard InChI is InChI=1S/C7H9N.C4H6O6/c8-6-7-4-2-1-3-5-7;5-1(3(7)8)2(6)4(9)10/h1-5H,6,8H2;1-2,5-6H,(H,7,8)(H,9,10). The summed E-state index contributed by atoms with van der Waals surface area (Å²) in [7, 11) is 0. The van der Waals surface area contributed by atoms with E-state index < -0.39 is 24.1 Å². The average Bonchev–Trinajstić information content (AvgIpc) is 2.38. The third-order valence-corrected chi connectivity index (χ3v) is 1.88. The van der Waals surface area contributed by atoms with E-state index in [9.17, 15) is 9.59 Å². The largest absolute Gasteiger partial charge is 0.479 e. The molecule has 0 amide bonds. The Morgan fingerprint density at radius 1 is 1.00 bits per heavy atom. The average molecular weight is 257 g/mol. The fraction of sp³-hybridized carbons (Fsp3) is 0.273. The second-order valence-corrected chi connectivity index (χ2v) is 3.26. The van der Waals surface area contributed by atoms with Crippen LogP contribution in [0, 0.1) is 0 Å². The highest BCUT2D eigenvalue weighted by molar-refractivity contribution is 5.83. The minimum Gasteiger partial charge on any atom is -0.479 e. The highest BCUT2D eigenvalue weighted by Crippen LogP contribution is 1.94. The number of carboxylic acids is 2. The molecule has 0 aliphatic carbocycles. The molecule has 0 heterocycles. The number of aliphatic hydroxyl groups excluding tert-OH is 2. The zero-order valence-electron chi connectivity index (χ0n) is 9.43. The normalized spacial score (nSPS) is 12.8. The number of nitrogens with two attached hydrogens (primary N) is 1. The summed E-state index contributed by atoms with van der Waals surface area (Å²) < 4.78 is 0. The second-order valence-electron chi connectivity index (χ2n) is 3.26. The number of aliphatic carboxylic acids is 2. The first kappa shape index (κ1) is 16.0. The second kappa shape index (κ2) is 8.18. The molecule has 7 nitrogen and oxygen atoms in total. The molecule has 1 aromatic carbocycles. The SMILES string of the molecule is NCc1ccccc1.O=C(O)C(O)C(O)C(=O)O. The first-order valence-electron chi connectivity index (χ1n) is 4.96. The number of hydrogen-bond acceptors (Lipinski definition) is 5. The van der Waals surface area contributed by atoms with E-state index in [0.29, 0.717) is 6.54 Å². The number of hydrogen-bond donors (Lipinski definition) is 5. The Kier molecular flexibility index (Phi) is 7.29. The van der Waals surface area contributed by atoms with Crippen LogP contribution in [-0.4, -0.2) is 44.6 Å². The smallest absolute Gasteiger partial charge is 0.335 e. The predicted molar refractivity (Wildman–Crippen MR) is 61.6 cm³/mol. The molecule has 0 radical (unpaired) electrons. The summed E-state index contributed by atoms with van der Waals surface area (Å²) in [5.41, 5.74) is 6.54. The van der Waals surface area contributed by atoms with Crippen molar-refractivity contribution in [3.8, 4) is 0 Å². The van der Waals surface area contributed by atoms with E-state index in [2.05, 4.69) is 0 Å². The van der Waals surface area contributed by atoms with E-state index in [1.807, 2.05) is 30.3 Å². The van der Waals surface area contributed by atoms with Gasteiger partial charge in [0.25, 0.3) is 0 Å². The Labute approximate surface area is 103 Å². The van der Waals surface area contributed by atoms with Crippen LogP contribution in [0.3, 0.4) is 0 Å². The topological polar surface area (TPSA) is 141 Å². The van der Waals surface area contributed by atoms with Gasteiger partial charge in [0.1, 0.15) is 0 Å².